The number of azo groups is 2. The van der Waals surface area contributed by atoms with Gasteiger partial charge in [-0.05, 0) is 52.7 Å². The summed E-state index contributed by atoms with van der Waals surface area (Å²) in [6.45, 7) is 7.83. The summed E-state index contributed by atoms with van der Waals surface area (Å²) in [6.07, 6.45) is 2.10. The third-order valence-electron chi connectivity index (χ3n) is 6.55. The zero-order valence-corrected chi connectivity index (χ0v) is 22.7. The van der Waals surface area contributed by atoms with E-state index >= 15 is 0 Å². The molecule has 0 aliphatic carbocycles. The van der Waals surface area contributed by atoms with Crippen molar-refractivity contribution in [3.8, 4) is 11.8 Å². The fraction of sp³-hybridized carbons (Fsp3) is 0.379. The van der Waals surface area contributed by atoms with Crippen LogP contribution in [0.25, 0.3) is 21.8 Å². The monoisotopic (exact) mass is 530 g/mol. The maximum atomic E-state index is 12.3. The van der Waals surface area contributed by atoms with Crippen molar-refractivity contribution < 1.29 is 19.8 Å². The first kappa shape index (κ1) is 27.7. The maximum absolute atomic E-state index is 12.3. The predicted molar refractivity (Wildman–Crippen MR) is 150 cm³/mol. The zero-order chi connectivity index (χ0) is 28.1. The van der Waals surface area contributed by atoms with Gasteiger partial charge in [0.25, 0.3) is 11.8 Å². The molecule has 2 aromatic carbocycles. The number of amides is 2. The number of fused-ring (bicyclic) bond motifs is 2. The van der Waals surface area contributed by atoms with E-state index in [2.05, 4.69) is 20.5 Å². The van der Waals surface area contributed by atoms with Gasteiger partial charge < -0.3 is 19.3 Å². The van der Waals surface area contributed by atoms with Gasteiger partial charge in [-0.3, -0.25) is 9.59 Å². The van der Waals surface area contributed by atoms with Crippen molar-refractivity contribution in [3.63, 3.8) is 0 Å². The number of unbranched alkanes of at least 4 members (excludes halogenated alkanes) is 2. The Morgan fingerprint density at radius 3 is 1.44 bits per heavy atom. The standard InChI is InChI=1S/C29H34N6O4/c1-18(2)34-22-14-10-8-12-20(22)26(28(34)38)32-30-24(36)16-6-5-7-17-25(37)31-33-27-21-13-9-11-15-23(21)35(19(3)4)29(27)39/h8-15,18-19,38-39H,5-7,16-17H2,1-4H3. The van der Waals surface area contributed by atoms with Crippen LogP contribution in [-0.2, 0) is 9.59 Å². The van der Waals surface area contributed by atoms with Gasteiger partial charge in [0, 0.05) is 35.7 Å². The van der Waals surface area contributed by atoms with Gasteiger partial charge in [-0.1, -0.05) is 42.8 Å². The molecule has 0 saturated heterocycles. The summed E-state index contributed by atoms with van der Waals surface area (Å²) in [6, 6.07) is 15.0. The topological polar surface area (TPSA) is 134 Å². The van der Waals surface area contributed by atoms with Gasteiger partial charge in [0.15, 0.2) is 11.4 Å². The lowest BCUT2D eigenvalue weighted by Gasteiger charge is -2.10. The van der Waals surface area contributed by atoms with E-state index in [1.165, 1.54) is 0 Å². The summed E-state index contributed by atoms with van der Waals surface area (Å²) < 4.78 is 3.51. The minimum atomic E-state index is -0.390. The lowest BCUT2D eigenvalue weighted by molar-refractivity contribution is -0.118. The Morgan fingerprint density at radius 1 is 0.667 bits per heavy atom. The average Bonchev–Trinajstić information content (AvgIpc) is 3.35. The number of para-hydroxylation sites is 2. The Morgan fingerprint density at radius 2 is 1.05 bits per heavy atom. The highest BCUT2D eigenvalue weighted by atomic mass is 16.3. The smallest absolute Gasteiger partial charge is 0.264 e. The Labute approximate surface area is 226 Å². The van der Waals surface area contributed by atoms with E-state index in [9.17, 15) is 19.8 Å². The fourth-order valence-corrected chi connectivity index (χ4v) is 4.75. The normalized spacial score (nSPS) is 12.3. The second-order valence-electron chi connectivity index (χ2n) is 10.1. The van der Waals surface area contributed by atoms with Gasteiger partial charge in [-0.25, -0.2) is 0 Å². The Kier molecular flexibility index (Phi) is 8.53. The molecule has 39 heavy (non-hydrogen) atoms. The van der Waals surface area contributed by atoms with Gasteiger partial charge in [0.1, 0.15) is 0 Å². The molecule has 0 bridgehead atoms. The van der Waals surface area contributed by atoms with E-state index in [1.54, 1.807) is 9.13 Å². The summed E-state index contributed by atoms with van der Waals surface area (Å²) in [5.41, 5.74) is 2.22. The number of aromatic hydroxyl groups is 2. The van der Waals surface area contributed by atoms with Crippen LogP contribution in [0.15, 0.2) is 69.0 Å². The summed E-state index contributed by atoms with van der Waals surface area (Å²) in [4.78, 5) is 24.5. The predicted octanol–water partition coefficient (Wildman–Crippen LogP) is 8.04. The van der Waals surface area contributed by atoms with E-state index in [0.29, 0.717) is 19.3 Å². The highest BCUT2D eigenvalue weighted by Crippen LogP contribution is 2.41. The number of hydrogen-bond acceptors (Lipinski definition) is 6. The molecule has 4 rings (SSSR count). The number of aromatic nitrogens is 2. The molecule has 0 aliphatic rings. The first-order valence-corrected chi connectivity index (χ1v) is 13.2. The van der Waals surface area contributed by atoms with Crippen LogP contribution >= 0.6 is 0 Å². The summed E-state index contributed by atoms with van der Waals surface area (Å²) in [5.74, 6) is -0.812. The van der Waals surface area contributed by atoms with Crippen LogP contribution < -0.4 is 0 Å². The van der Waals surface area contributed by atoms with Gasteiger partial charge in [0.2, 0.25) is 11.8 Å². The highest BCUT2D eigenvalue weighted by Gasteiger charge is 2.19. The van der Waals surface area contributed by atoms with Crippen molar-refractivity contribution in [1.82, 2.24) is 9.13 Å². The molecule has 0 saturated carbocycles. The molecule has 2 aromatic heterocycles. The minimum absolute atomic E-state index is 0.0162. The first-order chi connectivity index (χ1) is 18.7. The Bertz CT molecular complexity index is 1450. The van der Waals surface area contributed by atoms with Crippen LogP contribution in [0.2, 0.25) is 0 Å². The van der Waals surface area contributed by atoms with E-state index in [-0.39, 0.29) is 59.9 Å². The number of hydrogen-bond donors (Lipinski definition) is 2. The van der Waals surface area contributed by atoms with Crippen LogP contribution in [0.1, 0.15) is 71.9 Å². The highest BCUT2D eigenvalue weighted by molar-refractivity contribution is 5.96. The maximum Gasteiger partial charge on any atom is 0.264 e. The molecule has 0 radical (unpaired) electrons. The minimum Gasteiger partial charge on any atom is -0.493 e. The molecule has 0 fully saturated rings. The average molecular weight is 531 g/mol. The van der Waals surface area contributed by atoms with Crippen LogP contribution in [0.5, 0.6) is 11.8 Å². The van der Waals surface area contributed by atoms with Crippen molar-refractivity contribution >= 4 is 45.0 Å². The molecule has 2 amide bonds. The van der Waals surface area contributed by atoms with Crippen molar-refractivity contribution in [2.75, 3.05) is 0 Å². The van der Waals surface area contributed by atoms with E-state index < -0.39 is 0 Å². The summed E-state index contributed by atoms with van der Waals surface area (Å²) >= 11 is 0. The van der Waals surface area contributed by atoms with Crippen molar-refractivity contribution in [1.29, 1.82) is 0 Å². The lowest BCUT2D eigenvalue weighted by atomic mass is 10.1. The third kappa shape index (κ3) is 5.89. The van der Waals surface area contributed by atoms with Gasteiger partial charge in [0.05, 0.1) is 11.0 Å². The number of rotatable bonds is 10. The molecule has 0 spiro atoms. The van der Waals surface area contributed by atoms with E-state index in [1.807, 2.05) is 76.2 Å². The summed E-state index contributed by atoms with van der Waals surface area (Å²) in [5, 5.41) is 38.5. The molecule has 2 heterocycles. The van der Waals surface area contributed by atoms with Crippen LogP contribution in [0.4, 0.5) is 11.4 Å². The quantitative estimate of drug-likeness (QED) is 0.158. The number of benzene rings is 2. The third-order valence-corrected chi connectivity index (χ3v) is 6.55. The fourth-order valence-electron chi connectivity index (χ4n) is 4.75. The number of carbonyl (C=O) groups excluding carboxylic acids is 2. The molecule has 10 nitrogen and oxygen atoms in total. The Balaban J connectivity index is 1.28. The second kappa shape index (κ2) is 12.0. The molecule has 0 atom stereocenters. The van der Waals surface area contributed by atoms with Crippen LogP contribution in [0, 0.1) is 0 Å². The number of nitrogens with zero attached hydrogens (tertiary/aromatic N) is 6. The van der Waals surface area contributed by atoms with E-state index in [4.69, 9.17) is 0 Å². The SMILES string of the molecule is CC(C)n1c(O)c(N=NC(=O)CCCCCC(=O)N=Nc2c(O)n(C(C)C)c3ccccc23)c2ccccc21. The van der Waals surface area contributed by atoms with Crippen molar-refractivity contribution in [2.24, 2.45) is 20.5 Å². The Hall–Kier alpha value is -4.34. The van der Waals surface area contributed by atoms with Crippen LogP contribution in [0.3, 0.4) is 0 Å². The van der Waals surface area contributed by atoms with Crippen molar-refractivity contribution in [2.45, 2.75) is 71.9 Å². The largest absolute Gasteiger partial charge is 0.493 e. The lowest BCUT2D eigenvalue weighted by Crippen LogP contribution is -1.98. The zero-order valence-electron chi connectivity index (χ0n) is 22.7. The molecule has 0 unspecified atom stereocenters. The van der Waals surface area contributed by atoms with E-state index in [0.717, 1.165) is 21.8 Å². The van der Waals surface area contributed by atoms with Gasteiger partial charge in [-0.15, -0.1) is 20.5 Å². The number of carbonyl (C=O) groups is 2. The van der Waals surface area contributed by atoms with Gasteiger partial charge >= 0.3 is 0 Å². The van der Waals surface area contributed by atoms with Crippen LogP contribution in [-0.4, -0.2) is 31.2 Å². The molecular weight excluding hydrogens is 496 g/mol. The second-order valence-corrected chi connectivity index (χ2v) is 10.1. The summed E-state index contributed by atoms with van der Waals surface area (Å²) in [7, 11) is 0. The molecule has 2 N–H and O–H groups in total. The molecule has 0 aliphatic heterocycles. The molecule has 204 valence electrons. The van der Waals surface area contributed by atoms with Gasteiger partial charge in [-0.2, -0.15) is 0 Å². The molecule has 10 heteroatoms. The molecule has 4 aromatic rings. The first-order valence-electron chi connectivity index (χ1n) is 13.2. The molecular formula is C29H34N6O4. The van der Waals surface area contributed by atoms with Crippen molar-refractivity contribution in [3.05, 3.63) is 48.5 Å².